The van der Waals surface area contributed by atoms with Gasteiger partial charge in [-0.3, -0.25) is 0 Å². The molecule has 3 saturated carbocycles. The molecule has 1 nitrogen and oxygen atoms in total. The van der Waals surface area contributed by atoms with Crippen LogP contribution in [0.3, 0.4) is 0 Å². The molecule has 0 radical (unpaired) electrons. The van der Waals surface area contributed by atoms with Gasteiger partial charge in [0.1, 0.15) is 0 Å². The molecule has 2 heteroatoms. The van der Waals surface area contributed by atoms with Crippen LogP contribution in [0.15, 0.2) is 11.6 Å². The van der Waals surface area contributed by atoms with Gasteiger partial charge in [-0.15, -0.1) is 0 Å². The summed E-state index contributed by atoms with van der Waals surface area (Å²) in [6.45, 7) is 5.21. The number of fused-ring (bicyclic) bond motifs is 5. The third-order valence-corrected chi connectivity index (χ3v) is 10.0. The third-order valence-electron chi connectivity index (χ3n) is 8.96. The molecule has 8 atom stereocenters. The molecule has 128 valence electrons. The van der Waals surface area contributed by atoms with Crippen LogP contribution in [0.5, 0.6) is 0 Å². The maximum absolute atomic E-state index is 10.1. The average molecular weight is 333 g/mol. The Hall–Kier alpha value is 0.0500. The average Bonchev–Trinajstić information content (AvgIpc) is 3.29. The Morgan fingerprint density at radius 1 is 1.04 bits per heavy atom. The van der Waals surface area contributed by atoms with Gasteiger partial charge in [0.05, 0.1) is 6.10 Å². The predicted octanol–water partition coefficient (Wildman–Crippen LogP) is 5.04. The summed E-state index contributed by atoms with van der Waals surface area (Å²) in [7, 11) is 0. The van der Waals surface area contributed by atoms with Crippen molar-refractivity contribution in [1.29, 1.82) is 0 Å². The van der Waals surface area contributed by atoms with Crippen LogP contribution in [0.1, 0.15) is 65.2 Å². The van der Waals surface area contributed by atoms with E-state index in [0.29, 0.717) is 10.8 Å². The molecule has 5 aliphatic rings. The number of aliphatic hydroxyl groups is 1. The number of hydrogen-bond acceptors (Lipinski definition) is 2. The fourth-order valence-corrected chi connectivity index (χ4v) is 8.60. The molecule has 0 aromatic carbocycles. The molecule has 2 unspecified atom stereocenters. The van der Waals surface area contributed by atoms with E-state index in [1.807, 2.05) is 0 Å². The molecule has 1 aliphatic heterocycles. The molecule has 1 saturated heterocycles. The van der Waals surface area contributed by atoms with Crippen LogP contribution in [-0.2, 0) is 0 Å². The molecule has 4 aliphatic carbocycles. The van der Waals surface area contributed by atoms with Crippen LogP contribution in [0.2, 0.25) is 0 Å². The maximum Gasteiger partial charge on any atom is 0.0577 e. The second kappa shape index (κ2) is 5.04. The van der Waals surface area contributed by atoms with Crippen molar-refractivity contribution < 1.29 is 5.11 Å². The smallest absolute Gasteiger partial charge is 0.0577 e. The molecule has 0 bridgehead atoms. The number of allylic oxidation sites excluding steroid dienone is 1. The first kappa shape index (κ1) is 15.3. The van der Waals surface area contributed by atoms with Gasteiger partial charge >= 0.3 is 0 Å². The fraction of sp³-hybridized carbons (Fsp3) is 0.905. The largest absolute Gasteiger partial charge is 0.393 e. The minimum absolute atomic E-state index is 0.0671. The standard InChI is InChI=1S/C21H32OS/c1-20-9-7-14(22)11-13(20)3-4-15-16-5-6-18(19-12-23-19)21(16,2)10-8-17(15)20/h3,14-19,22H,4-12H2,1-2H3/t14?,15-,16-,17-,18+,19?,20-,21-/m0/s1. The Kier molecular flexibility index (Phi) is 3.35. The van der Waals surface area contributed by atoms with Gasteiger partial charge in [-0.05, 0) is 85.9 Å². The molecule has 0 aromatic heterocycles. The first-order valence-electron chi connectivity index (χ1n) is 10.0. The minimum Gasteiger partial charge on any atom is -0.393 e. The predicted molar refractivity (Wildman–Crippen MR) is 97.4 cm³/mol. The molecule has 23 heavy (non-hydrogen) atoms. The molecule has 5 rings (SSSR count). The SMILES string of the molecule is C[C@]12CC[C@H]3[C@@H](CC=C4CC(O)CC[C@@]43C)[C@@H]1CC[C@@H]2C1CS1. The summed E-state index contributed by atoms with van der Waals surface area (Å²) in [5, 5.41) is 11.1. The zero-order chi connectivity index (χ0) is 15.8. The Balaban J connectivity index is 1.46. The van der Waals surface area contributed by atoms with Gasteiger partial charge in [-0.2, -0.15) is 11.8 Å². The van der Waals surface area contributed by atoms with Gasteiger partial charge in [0.25, 0.3) is 0 Å². The van der Waals surface area contributed by atoms with Crippen molar-refractivity contribution in [2.75, 3.05) is 5.75 Å². The Labute approximate surface area is 145 Å². The lowest BCUT2D eigenvalue weighted by molar-refractivity contribution is -0.0485. The summed E-state index contributed by atoms with van der Waals surface area (Å²) in [5.74, 6) is 5.28. The van der Waals surface area contributed by atoms with E-state index in [2.05, 4.69) is 31.7 Å². The van der Waals surface area contributed by atoms with E-state index in [9.17, 15) is 5.11 Å². The Bertz CT molecular complexity index is 538. The highest BCUT2D eigenvalue weighted by atomic mass is 32.2. The molecular weight excluding hydrogens is 300 g/mol. The zero-order valence-corrected chi connectivity index (χ0v) is 15.6. The van der Waals surface area contributed by atoms with E-state index in [0.717, 1.165) is 41.8 Å². The van der Waals surface area contributed by atoms with E-state index < -0.39 is 0 Å². The van der Waals surface area contributed by atoms with E-state index in [1.54, 1.807) is 5.57 Å². The van der Waals surface area contributed by atoms with Crippen molar-refractivity contribution >= 4 is 11.8 Å². The van der Waals surface area contributed by atoms with Gasteiger partial charge < -0.3 is 5.11 Å². The van der Waals surface area contributed by atoms with Crippen LogP contribution in [0.25, 0.3) is 0 Å². The summed E-state index contributed by atoms with van der Waals surface area (Å²) >= 11 is 2.23. The van der Waals surface area contributed by atoms with Crippen molar-refractivity contribution in [1.82, 2.24) is 0 Å². The molecule has 0 aromatic rings. The van der Waals surface area contributed by atoms with Crippen LogP contribution < -0.4 is 0 Å². The van der Waals surface area contributed by atoms with Gasteiger partial charge in [-0.1, -0.05) is 25.5 Å². The van der Waals surface area contributed by atoms with E-state index in [-0.39, 0.29) is 6.10 Å². The maximum atomic E-state index is 10.1. The molecule has 4 fully saturated rings. The number of rotatable bonds is 1. The van der Waals surface area contributed by atoms with Gasteiger partial charge in [0.15, 0.2) is 0 Å². The highest BCUT2D eigenvalue weighted by Crippen LogP contribution is 2.68. The summed E-state index contributed by atoms with van der Waals surface area (Å²) < 4.78 is 0. The molecule has 0 amide bonds. The van der Waals surface area contributed by atoms with Crippen molar-refractivity contribution in [3.05, 3.63) is 11.6 Å². The first-order valence-corrected chi connectivity index (χ1v) is 11.1. The summed E-state index contributed by atoms with van der Waals surface area (Å²) in [4.78, 5) is 0. The second-order valence-corrected chi connectivity index (χ2v) is 11.0. The van der Waals surface area contributed by atoms with Gasteiger partial charge in [0.2, 0.25) is 0 Å². The van der Waals surface area contributed by atoms with Crippen molar-refractivity contribution in [3.8, 4) is 0 Å². The van der Waals surface area contributed by atoms with Crippen molar-refractivity contribution in [2.24, 2.45) is 34.5 Å². The molecular formula is C21H32OS. The lowest BCUT2D eigenvalue weighted by atomic mass is 9.47. The van der Waals surface area contributed by atoms with Gasteiger partial charge in [0, 0.05) is 11.0 Å². The number of hydrogen-bond donors (Lipinski definition) is 1. The van der Waals surface area contributed by atoms with Crippen molar-refractivity contribution in [3.63, 3.8) is 0 Å². The monoisotopic (exact) mass is 332 g/mol. The number of thioether (sulfide) groups is 1. The molecule has 1 heterocycles. The minimum atomic E-state index is -0.0671. The van der Waals surface area contributed by atoms with Crippen LogP contribution in [0, 0.1) is 34.5 Å². The van der Waals surface area contributed by atoms with Crippen LogP contribution in [0.4, 0.5) is 0 Å². The van der Waals surface area contributed by atoms with Crippen LogP contribution in [-0.4, -0.2) is 22.2 Å². The highest BCUT2D eigenvalue weighted by Gasteiger charge is 2.60. The quantitative estimate of drug-likeness (QED) is 0.536. The summed E-state index contributed by atoms with van der Waals surface area (Å²) in [6.07, 6.45) is 13.0. The topological polar surface area (TPSA) is 20.2 Å². The fourth-order valence-electron chi connectivity index (χ4n) is 7.58. The zero-order valence-electron chi connectivity index (χ0n) is 14.8. The Morgan fingerprint density at radius 3 is 2.61 bits per heavy atom. The van der Waals surface area contributed by atoms with Crippen molar-refractivity contribution in [2.45, 2.75) is 76.6 Å². The Morgan fingerprint density at radius 2 is 1.83 bits per heavy atom. The number of aliphatic hydroxyl groups excluding tert-OH is 1. The van der Waals surface area contributed by atoms with Gasteiger partial charge in [-0.25, -0.2) is 0 Å². The van der Waals surface area contributed by atoms with E-state index in [1.165, 1.54) is 44.3 Å². The molecule has 0 spiro atoms. The lowest BCUT2D eigenvalue weighted by Crippen LogP contribution is -2.50. The normalized spacial score (nSPS) is 58.0. The summed E-state index contributed by atoms with van der Waals surface area (Å²) in [6, 6.07) is 0. The van der Waals surface area contributed by atoms with E-state index >= 15 is 0 Å². The summed E-state index contributed by atoms with van der Waals surface area (Å²) in [5.41, 5.74) is 2.68. The second-order valence-electron chi connectivity index (χ2n) is 9.76. The lowest BCUT2D eigenvalue weighted by Gasteiger charge is -2.58. The molecule has 1 N–H and O–H groups in total. The third kappa shape index (κ3) is 2.09. The highest BCUT2D eigenvalue weighted by molar-refractivity contribution is 8.06. The van der Waals surface area contributed by atoms with Crippen LogP contribution >= 0.6 is 11.8 Å². The van der Waals surface area contributed by atoms with E-state index in [4.69, 9.17) is 0 Å². The first-order chi connectivity index (χ1) is 11.0.